The summed E-state index contributed by atoms with van der Waals surface area (Å²) in [4.78, 5) is 11.1. The van der Waals surface area contributed by atoms with E-state index in [1.54, 1.807) is 18.2 Å². The Kier molecular flexibility index (Phi) is 4.17. The maximum Gasteiger partial charge on any atom is 0.162 e. The Morgan fingerprint density at radius 1 is 1.26 bits per heavy atom. The Hall–Kier alpha value is -1.87. The number of benzene rings is 2. The molecular weight excluding hydrogens is 267 g/mol. The molecule has 2 aromatic carbocycles. The predicted octanol–water partition coefficient (Wildman–Crippen LogP) is 4.26. The summed E-state index contributed by atoms with van der Waals surface area (Å²) >= 11 is 5.85. The molecule has 0 amide bonds. The summed E-state index contributed by atoms with van der Waals surface area (Å²) in [6.07, 6.45) is 0. The highest BCUT2D eigenvalue weighted by atomic mass is 35.5. The van der Waals surface area contributed by atoms with Gasteiger partial charge in [-0.15, -0.1) is 0 Å². The number of hydrogen-bond acceptors (Lipinski definition) is 2. The first kappa shape index (κ1) is 13.6. The fourth-order valence-corrected chi connectivity index (χ4v) is 1.88. The van der Waals surface area contributed by atoms with Crippen molar-refractivity contribution in [2.75, 3.05) is 0 Å². The molecule has 0 radical (unpaired) electrons. The number of ether oxygens (including phenoxy) is 1. The second kappa shape index (κ2) is 5.85. The molecule has 98 valence electrons. The van der Waals surface area contributed by atoms with Crippen LogP contribution in [0.1, 0.15) is 22.8 Å². The van der Waals surface area contributed by atoms with Crippen molar-refractivity contribution < 1.29 is 13.9 Å². The molecule has 0 bridgehead atoms. The third-order valence-corrected chi connectivity index (χ3v) is 2.85. The number of hydrogen-bond donors (Lipinski definition) is 0. The summed E-state index contributed by atoms with van der Waals surface area (Å²) in [7, 11) is 0. The quantitative estimate of drug-likeness (QED) is 0.781. The van der Waals surface area contributed by atoms with Gasteiger partial charge in [0.2, 0.25) is 0 Å². The van der Waals surface area contributed by atoms with Crippen molar-refractivity contribution in [2.45, 2.75) is 13.5 Å². The summed E-state index contributed by atoms with van der Waals surface area (Å²) in [6.45, 7) is 1.62. The standard InChI is InChI=1S/C15H12ClFO2/c1-10(18)14-6-5-13(8-15(14)17)19-9-11-3-2-4-12(16)7-11/h2-8H,9H2,1H3. The van der Waals surface area contributed by atoms with Gasteiger partial charge < -0.3 is 4.74 Å². The molecule has 0 saturated heterocycles. The second-order valence-electron chi connectivity index (χ2n) is 4.12. The molecule has 2 aromatic rings. The molecule has 0 saturated carbocycles. The van der Waals surface area contributed by atoms with Crippen molar-refractivity contribution in [1.29, 1.82) is 0 Å². The van der Waals surface area contributed by atoms with Gasteiger partial charge in [0.05, 0.1) is 5.56 Å². The van der Waals surface area contributed by atoms with Crippen LogP contribution in [-0.2, 0) is 6.61 Å². The number of Topliss-reactive ketones (excluding diaryl/α,β-unsaturated/α-hetero) is 1. The molecule has 2 nitrogen and oxygen atoms in total. The van der Waals surface area contributed by atoms with Crippen LogP contribution in [-0.4, -0.2) is 5.78 Å². The van der Waals surface area contributed by atoms with E-state index in [1.807, 2.05) is 12.1 Å². The monoisotopic (exact) mass is 278 g/mol. The zero-order valence-corrected chi connectivity index (χ0v) is 11.1. The lowest BCUT2D eigenvalue weighted by molar-refractivity contribution is 0.101. The SMILES string of the molecule is CC(=O)c1ccc(OCc2cccc(Cl)c2)cc1F. The van der Waals surface area contributed by atoms with Gasteiger partial charge in [0.1, 0.15) is 18.2 Å². The Morgan fingerprint density at radius 3 is 2.68 bits per heavy atom. The molecule has 2 rings (SSSR count). The molecule has 19 heavy (non-hydrogen) atoms. The maximum absolute atomic E-state index is 13.6. The number of ketones is 1. The van der Waals surface area contributed by atoms with Gasteiger partial charge in [-0.05, 0) is 36.8 Å². The molecule has 0 N–H and O–H groups in total. The smallest absolute Gasteiger partial charge is 0.162 e. The average Bonchev–Trinajstić information content (AvgIpc) is 2.36. The van der Waals surface area contributed by atoms with Crippen LogP contribution in [0.2, 0.25) is 5.02 Å². The van der Waals surface area contributed by atoms with Gasteiger partial charge in [0, 0.05) is 11.1 Å². The Bertz CT molecular complexity index is 611. The predicted molar refractivity (Wildman–Crippen MR) is 72.2 cm³/mol. The first-order chi connectivity index (χ1) is 9.06. The molecule has 0 aliphatic carbocycles. The highest BCUT2D eigenvalue weighted by Gasteiger charge is 2.08. The number of carbonyl (C=O) groups excluding carboxylic acids is 1. The number of rotatable bonds is 4. The fraction of sp³-hybridized carbons (Fsp3) is 0.133. The van der Waals surface area contributed by atoms with Gasteiger partial charge in [-0.25, -0.2) is 4.39 Å². The van der Waals surface area contributed by atoms with Crippen LogP contribution >= 0.6 is 11.6 Å². The van der Waals surface area contributed by atoms with Gasteiger partial charge >= 0.3 is 0 Å². The second-order valence-corrected chi connectivity index (χ2v) is 4.55. The zero-order valence-electron chi connectivity index (χ0n) is 10.3. The third-order valence-electron chi connectivity index (χ3n) is 2.61. The van der Waals surface area contributed by atoms with Crippen LogP contribution in [0, 0.1) is 5.82 Å². The normalized spacial score (nSPS) is 10.3. The first-order valence-corrected chi connectivity index (χ1v) is 6.12. The van der Waals surface area contributed by atoms with Crippen LogP contribution in [0.4, 0.5) is 4.39 Å². The molecule has 4 heteroatoms. The van der Waals surface area contributed by atoms with Gasteiger partial charge in [-0.1, -0.05) is 23.7 Å². The largest absolute Gasteiger partial charge is 0.489 e. The van der Waals surface area contributed by atoms with E-state index in [0.29, 0.717) is 17.4 Å². The van der Waals surface area contributed by atoms with Crippen molar-refractivity contribution in [3.8, 4) is 5.75 Å². The van der Waals surface area contributed by atoms with E-state index in [9.17, 15) is 9.18 Å². The molecule has 0 atom stereocenters. The summed E-state index contributed by atoms with van der Waals surface area (Å²) in [5, 5.41) is 0.624. The highest BCUT2D eigenvalue weighted by molar-refractivity contribution is 6.30. The lowest BCUT2D eigenvalue weighted by Gasteiger charge is -2.07. The molecule has 0 aliphatic rings. The summed E-state index contributed by atoms with van der Waals surface area (Å²) in [6, 6.07) is 11.4. The molecule has 0 aromatic heterocycles. The number of carbonyl (C=O) groups is 1. The minimum Gasteiger partial charge on any atom is -0.489 e. The van der Waals surface area contributed by atoms with E-state index >= 15 is 0 Å². The zero-order chi connectivity index (χ0) is 13.8. The molecule has 0 fully saturated rings. The number of halogens is 2. The first-order valence-electron chi connectivity index (χ1n) is 5.74. The van der Waals surface area contributed by atoms with Gasteiger partial charge in [-0.3, -0.25) is 4.79 Å². The molecule has 0 heterocycles. The van der Waals surface area contributed by atoms with Crippen molar-refractivity contribution in [1.82, 2.24) is 0 Å². The van der Waals surface area contributed by atoms with Crippen molar-refractivity contribution in [3.05, 3.63) is 64.4 Å². The van der Waals surface area contributed by atoms with Gasteiger partial charge in [0.15, 0.2) is 5.78 Å². The van der Waals surface area contributed by atoms with Gasteiger partial charge in [0.25, 0.3) is 0 Å². The minimum atomic E-state index is -0.573. The van der Waals surface area contributed by atoms with Crippen LogP contribution < -0.4 is 4.74 Å². The van der Waals surface area contributed by atoms with Crippen molar-refractivity contribution >= 4 is 17.4 Å². The fourth-order valence-electron chi connectivity index (χ4n) is 1.66. The Balaban J connectivity index is 2.08. The maximum atomic E-state index is 13.6. The summed E-state index contributed by atoms with van der Waals surface area (Å²) in [5.41, 5.74) is 0.957. The van der Waals surface area contributed by atoms with E-state index in [1.165, 1.54) is 19.1 Å². The Labute approximate surface area is 115 Å². The van der Waals surface area contributed by atoms with E-state index in [4.69, 9.17) is 16.3 Å². The van der Waals surface area contributed by atoms with Crippen LogP contribution in [0.5, 0.6) is 5.75 Å². The van der Waals surface area contributed by atoms with Crippen LogP contribution in [0.15, 0.2) is 42.5 Å². The molecule has 0 unspecified atom stereocenters. The molecule has 0 aliphatic heterocycles. The molecular formula is C15H12ClFO2. The van der Waals surface area contributed by atoms with E-state index in [0.717, 1.165) is 5.56 Å². The molecule has 0 spiro atoms. The lowest BCUT2D eigenvalue weighted by atomic mass is 10.1. The average molecular weight is 279 g/mol. The Morgan fingerprint density at radius 2 is 2.05 bits per heavy atom. The minimum absolute atomic E-state index is 0.0649. The van der Waals surface area contributed by atoms with Crippen molar-refractivity contribution in [2.24, 2.45) is 0 Å². The van der Waals surface area contributed by atoms with Crippen LogP contribution in [0.3, 0.4) is 0 Å². The lowest BCUT2D eigenvalue weighted by Crippen LogP contribution is -1.99. The van der Waals surface area contributed by atoms with Crippen molar-refractivity contribution in [3.63, 3.8) is 0 Å². The van der Waals surface area contributed by atoms with E-state index < -0.39 is 5.82 Å². The van der Waals surface area contributed by atoms with Gasteiger partial charge in [-0.2, -0.15) is 0 Å². The van der Waals surface area contributed by atoms with E-state index in [2.05, 4.69) is 0 Å². The summed E-state index contributed by atoms with van der Waals surface area (Å²) in [5.74, 6) is -0.502. The highest BCUT2D eigenvalue weighted by Crippen LogP contribution is 2.19. The van der Waals surface area contributed by atoms with Crippen LogP contribution in [0.25, 0.3) is 0 Å². The third kappa shape index (κ3) is 3.55. The van der Waals surface area contributed by atoms with E-state index in [-0.39, 0.29) is 11.3 Å². The summed E-state index contributed by atoms with van der Waals surface area (Å²) < 4.78 is 19.0. The topological polar surface area (TPSA) is 26.3 Å².